The van der Waals surface area contributed by atoms with Crippen LogP contribution in [0.5, 0.6) is 0 Å². The fourth-order valence-corrected chi connectivity index (χ4v) is 6.09. The van der Waals surface area contributed by atoms with Gasteiger partial charge in [0.1, 0.15) is 13.2 Å². The molecule has 60 heavy (non-hydrogen) atoms. The average molecular weight is 831 g/mol. The van der Waals surface area contributed by atoms with Crippen LogP contribution in [0.4, 0.5) is 0 Å². The van der Waals surface area contributed by atoms with Gasteiger partial charge < -0.3 is 14.2 Å². The van der Waals surface area contributed by atoms with Crippen molar-refractivity contribution in [2.45, 2.75) is 200 Å². The monoisotopic (exact) mass is 831 g/mol. The number of hydrogen-bond donors (Lipinski definition) is 0. The number of carbonyl (C=O) groups is 3. The quantitative estimate of drug-likeness (QED) is 0.0264. The lowest BCUT2D eigenvalue weighted by Gasteiger charge is -2.18. The van der Waals surface area contributed by atoms with Crippen LogP contribution in [0.1, 0.15) is 194 Å². The van der Waals surface area contributed by atoms with Crippen LogP contribution in [-0.2, 0) is 28.6 Å². The largest absolute Gasteiger partial charge is 0.462 e. The highest BCUT2D eigenvalue weighted by atomic mass is 16.6. The van der Waals surface area contributed by atoms with E-state index >= 15 is 0 Å². The summed E-state index contributed by atoms with van der Waals surface area (Å²) in [5.74, 6) is -1.01. The van der Waals surface area contributed by atoms with Crippen molar-refractivity contribution >= 4 is 17.9 Å². The van der Waals surface area contributed by atoms with Gasteiger partial charge in [0, 0.05) is 19.3 Å². The molecule has 1 unspecified atom stereocenters. The second-order valence-corrected chi connectivity index (χ2v) is 15.4. The average Bonchev–Trinajstić information content (AvgIpc) is 3.24. The van der Waals surface area contributed by atoms with Crippen molar-refractivity contribution < 1.29 is 28.6 Å². The molecule has 1 atom stereocenters. The predicted molar refractivity (Wildman–Crippen MR) is 256 cm³/mol. The molecule has 0 radical (unpaired) electrons. The third-order valence-corrected chi connectivity index (χ3v) is 9.68. The van der Waals surface area contributed by atoms with Crippen molar-refractivity contribution in [2.75, 3.05) is 13.2 Å². The van der Waals surface area contributed by atoms with Gasteiger partial charge in [-0.05, 0) is 83.5 Å². The van der Waals surface area contributed by atoms with Crippen LogP contribution in [0.2, 0.25) is 0 Å². The smallest absolute Gasteiger partial charge is 0.306 e. The minimum absolute atomic E-state index is 0.116. The SMILES string of the molecule is CC/C=C/C=C/C=C/C=C/CCCCCC(=O)OC(COC(=O)CCCCC/C=C/C=C/CCCCCCCCC)COC(=O)CCCCCCC/C=C/C=C/C=C/CC. The van der Waals surface area contributed by atoms with E-state index in [9.17, 15) is 14.4 Å². The number of ether oxygens (including phenoxy) is 3. The summed E-state index contributed by atoms with van der Waals surface area (Å²) >= 11 is 0. The summed E-state index contributed by atoms with van der Waals surface area (Å²) in [5, 5.41) is 0. The van der Waals surface area contributed by atoms with Gasteiger partial charge >= 0.3 is 17.9 Å². The minimum Gasteiger partial charge on any atom is -0.462 e. The van der Waals surface area contributed by atoms with Gasteiger partial charge in [-0.2, -0.15) is 0 Å². The maximum absolute atomic E-state index is 12.7. The molecule has 0 aliphatic heterocycles. The van der Waals surface area contributed by atoms with E-state index in [1.807, 2.05) is 42.5 Å². The molecule has 0 heterocycles. The molecule has 0 amide bonds. The highest BCUT2D eigenvalue weighted by molar-refractivity contribution is 5.71. The van der Waals surface area contributed by atoms with Crippen molar-refractivity contribution in [1.82, 2.24) is 0 Å². The van der Waals surface area contributed by atoms with Crippen LogP contribution in [0, 0.1) is 0 Å². The zero-order chi connectivity index (χ0) is 43.7. The number of carbonyl (C=O) groups excluding carboxylic acids is 3. The first kappa shape index (κ1) is 56.1. The molecule has 0 fully saturated rings. The van der Waals surface area contributed by atoms with Crippen molar-refractivity contribution in [2.24, 2.45) is 0 Å². The molecule has 6 heteroatoms. The molecule has 338 valence electrons. The lowest BCUT2D eigenvalue weighted by atomic mass is 10.1. The van der Waals surface area contributed by atoms with Gasteiger partial charge in [0.2, 0.25) is 0 Å². The zero-order valence-corrected chi connectivity index (χ0v) is 38.4. The fourth-order valence-electron chi connectivity index (χ4n) is 6.09. The van der Waals surface area contributed by atoms with Gasteiger partial charge in [0.25, 0.3) is 0 Å². The van der Waals surface area contributed by atoms with E-state index in [1.54, 1.807) is 0 Å². The van der Waals surface area contributed by atoms with Crippen molar-refractivity contribution in [3.05, 3.63) is 109 Å². The van der Waals surface area contributed by atoms with Gasteiger partial charge in [0.05, 0.1) is 0 Å². The number of hydrogen-bond acceptors (Lipinski definition) is 6. The summed E-state index contributed by atoms with van der Waals surface area (Å²) in [5.41, 5.74) is 0. The van der Waals surface area contributed by atoms with Crippen LogP contribution < -0.4 is 0 Å². The molecule has 0 bridgehead atoms. The lowest BCUT2D eigenvalue weighted by Crippen LogP contribution is -2.30. The molecule has 0 aromatic heterocycles. The lowest BCUT2D eigenvalue weighted by molar-refractivity contribution is -0.167. The van der Waals surface area contributed by atoms with E-state index in [0.29, 0.717) is 19.3 Å². The molecular formula is C54H86O6. The van der Waals surface area contributed by atoms with Gasteiger partial charge in [-0.15, -0.1) is 0 Å². The van der Waals surface area contributed by atoms with Crippen LogP contribution in [0.25, 0.3) is 0 Å². The topological polar surface area (TPSA) is 78.9 Å². The Kier molecular flexibility index (Phi) is 44.6. The molecule has 0 N–H and O–H groups in total. The van der Waals surface area contributed by atoms with Gasteiger partial charge in [-0.25, -0.2) is 0 Å². The molecule has 0 aromatic rings. The Hall–Kier alpha value is -3.93. The molecular weight excluding hydrogens is 745 g/mol. The predicted octanol–water partition coefficient (Wildman–Crippen LogP) is 15.6. The van der Waals surface area contributed by atoms with E-state index in [-0.39, 0.29) is 37.5 Å². The molecule has 6 nitrogen and oxygen atoms in total. The third kappa shape index (κ3) is 45.2. The van der Waals surface area contributed by atoms with E-state index < -0.39 is 6.10 Å². The Balaban J connectivity index is 4.53. The summed E-state index contributed by atoms with van der Waals surface area (Å²) < 4.78 is 16.7. The van der Waals surface area contributed by atoms with E-state index in [4.69, 9.17) is 14.2 Å². The Bertz CT molecular complexity index is 1280. The second-order valence-electron chi connectivity index (χ2n) is 15.4. The van der Waals surface area contributed by atoms with Crippen molar-refractivity contribution in [3.8, 4) is 0 Å². The highest BCUT2D eigenvalue weighted by Gasteiger charge is 2.19. The van der Waals surface area contributed by atoms with Gasteiger partial charge in [-0.1, -0.05) is 201 Å². The number of esters is 3. The summed E-state index contributed by atoms with van der Waals surface area (Å²) in [7, 11) is 0. The molecule has 0 saturated carbocycles. The Morgan fingerprint density at radius 2 is 0.650 bits per heavy atom. The summed E-state index contributed by atoms with van der Waals surface area (Å²) in [6, 6.07) is 0. The first-order valence-electron chi connectivity index (χ1n) is 24.0. The van der Waals surface area contributed by atoms with Crippen LogP contribution in [0.15, 0.2) is 109 Å². The Labute approximate surface area is 368 Å². The maximum Gasteiger partial charge on any atom is 0.306 e. The van der Waals surface area contributed by atoms with Crippen LogP contribution in [0.3, 0.4) is 0 Å². The fraction of sp³-hybridized carbons (Fsp3) is 0.611. The summed E-state index contributed by atoms with van der Waals surface area (Å²) in [6.45, 7) is 6.26. The first-order valence-corrected chi connectivity index (χ1v) is 24.0. The molecule has 0 saturated heterocycles. The number of unbranched alkanes of at least 4 members (excludes halogenated alkanes) is 18. The van der Waals surface area contributed by atoms with E-state index in [2.05, 4.69) is 87.6 Å². The van der Waals surface area contributed by atoms with Gasteiger partial charge in [-0.3, -0.25) is 14.4 Å². The van der Waals surface area contributed by atoms with E-state index in [0.717, 1.165) is 103 Å². The van der Waals surface area contributed by atoms with E-state index in [1.165, 1.54) is 44.9 Å². The second kappa shape index (κ2) is 47.7. The molecule has 0 aromatic carbocycles. The molecule has 0 aliphatic carbocycles. The molecule has 0 rings (SSSR count). The first-order chi connectivity index (χ1) is 29.5. The number of rotatable bonds is 41. The van der Waals surface area contributed by atoms with Crippen LogP contribution >= 0.6 is 0 Å². The Morgan fingerprint density at radius 3 is 1.05 bits per heavy atom. The highest BCUT2D eigenvalue weighted by Crippen LogP contribution is 2.12. The summed E-state index contributed by atoms with van der Waals surface area (Å²) in [4.78, 5) is 37.8. The number of allylic oxidation sites excluding steroid dienone is 18. The minimum atomic E-state index is -0.818. The summed E-state index contributed by atoms with van der Waals surface area (Å²) in [6.07, 6.45) is 63.6. The standard InChI is InChI=1S/C54H86O6/c1-4-7-10-13-16-19-22-25-26-27-30-32-35-38-41-44-47-53(56)59-50-51(60-54(57)48-45-42-39-36-33-29-24-21-18-15-12-9-6-3)49-58-52(55)46-43-40-37-34-31-28-23-20-17-14-11-8-5-2/h8-9,11-12,14-15,17-18,20-21,23-24,26-27,29-30,32-33,51H,4-7,10,13,16,19,22,25,28,31,34-50H2,1-3H3/b11-8+,12-9+,17-14+,18-15+,23-20+,24-21+,27-26+,32-30+,33-29+. The maximum atomic E-state index is 12.7. The van der Waals surface area contributed by atoms with Gasteiger partial charge in [0.15, 0.2) is 6.10 Å². The van der Waals surface area contributed by atoms with Crippen molar-refractivity contribution in [3.63, 3.8) is 0 Å². The zero-order valence-electron chi connectivity index (χ0n) is 38.4. The normalized spacial score (nSPS) is 13.1. The molecule has 0 spiro atoms. The van der Waals surface area contributed by atoms with Crippen molar-refractivity contribution in [1.29, 1.82) is 0 Å². The van der Waals surface area contributed by atoms with Crippen LogP contribution in [-0.4, -0.2) is 37.2 Å². The third-order valence-electron chi connectivity index (χ3n) is 9.68. The molecule has 0 aliphatic rings. The Morgan fingerprint density at radius 1 is 0.350 bits per heavy atom.